The Morgan fingerprint density at radius 2 is 1.73 bits per heavy atom. The van der Waals surface area contributed by atoms with Gasteiger partial charge in [0.05, 0.1) is 19.0 Å². The summed E-state index contributed by atoms with van der Waals surface area (Å²) in [7, 11) is 3.05. The smallest absolute Gasteiger partial charge is 0.265 e. The van der Waals surface area contributed by atoms with Gasteiger partial charge in [-0.2, -0.15) is 0 Å². The van der Waals surface area contributed by atoms with Crippen LogP contribution in [0.2, 0.25) is 0 Å². The first kappa shape index (κ1) is 29.6. The van der Waals surface area contributed by atoms with E-state index in [9.17, 15) is 14.7 Å². The number of amides is 1. The van der Waals surface area contributed by atoms with Crippen LogP contribution in [0.4, 0.5) is 10.1 Å². The standard InChI is InChI=1S/C32H35FN4O4/c1-19-22(21-13-27(33)25(29(14-21)41-6)15-34-17-32(3,4)40)9-7-10-23(19)24-11-8-12-28(20(24)2)36-30(38)26-16-35-18-37(5)31(26)39/h7-14,16,18,34,40H,15,17H2,1-6H3,(H,36,38). The lowest BCUT2D eigenvalue weighted by molar-refractivity contribution is 0.0793. The van der Waals surface area contributed by atoms with E-state index in [2.05, 4.69) is 15.6 Å². The molecule has 0 atom stereocenters. The molecule has 8 nitrogen and oxygen atoms in total. The Kier molecular flexibility index (Phi) is 8.70. The molecule has 9 heteroatoms. The SMILES string of the molecule is COc1cc(-c2cccc(-c3cccc(NC(=O)c4cncn(C)c4=O)c3C)c2C)cc(F)c1CNCC(C)(C)O. The number of ether oxygens (including phenoxy) is 1. The summed E-state index contributed by atoms with van der Waals surface area (Å²) in [6, 6.07) is 14.7. The van der Waals surface area contributed by atoms with E-state index < -0.39 is 22.9 Å². The number of halogens is 1. The largest absolute Gasteiger partial charge is 0.496 e. The average molecular weight is 559 g/mol. The second-order valence-electron chi connectivity index (χ2n) is 10.7. The molecule has 0 fully saturated rings. The van der Waals surface area contributed by atoms with Gasteiger partial charge in [0, 0.05) is 37.6 Å². The molecule has 1 aromatic heterocycles. The summed E-state index contributed by atoms with van der Waals surface area (Å²) < 4.78 is 22.1. The molecule has 0 aliphatic rings. The van der Waals surface area contributed by atoms with Crippen molar-refractivity contribution in [2.24, 2.45) is 7.05 Å². The van der Waals surface area contributed by atoms with Gasteiger partial charge >= 0.3 is 0 Å². The van der Waals surface area contributed by atoms with Crippen molar-refractivity contribution in [2.75, 3.05) is 19.0 Å². The average Bonchev–Trinajstić information content (AvgIpc) is 2.91. The van der Waals surface area contributed by atoms with E-state index in [0.29, 0.717) is 29.1 Å². The third-order valence-electron chi connectivity index (χ3n) is 6.99. The maximum atomic E-state index is 15.3. The Bertz CT molecular complexity index is 1660. The zero-order valence-electron chi connectivity index (χ0n) is 24.1. The summed E-state index contributed by atoms with van der Waals surface area (Å²) in [5, 5.41) is 15.9. The van der Waals surface area contributed by atoms with E-state index in [-0.39, 0.29) is 12.1 Å². The van der Waals surface area contributed by atoms with Crippen molar-refractivity contribution in [3.05, 3.63) is 99.5 Å². The fourth-order valence-electron chi connectivity index (χ4n) is 4.77. The Morgan fingerprint density at radius 3 is 2.41 bits per heavy atom. The monoisotopic (exact) mass is 558 g/mol. The highest BCUT2D eigenvalue weighted by atomic mass is 19.1. The van der Waals surface area contributed by atoms with Gasteiger partial charge in [-0.25, -0.2) is 9.37 Å². The minimum absolute atomic E-state index is 0.0484. The summed E-state index contributed by atoms with van der Waals surface area (Å²) in [5.74, 6) is -0.533. The van der Waals surface area contributed by atoms with Gasteiger partial charge in [0.15, 0.2) is 0 Å². The zero-order chi connectivity index (χ0) is 29.9. The number of methoxy groups -OCH3 is 1. The normalized spacial score (nSPS) is 11.4. The first-order valence-corrected chi connectivity index (χ1v) is 13.2. The Morgan fingerprint density at radius 1 is 1.07 bits per heavy atom. The van der Waals surface area contributed by atoms with Gasteiger partial charge in [0.1, 0.15) is 17.1 Å². The van der Waals surface area contributed by atoms with E-state index >= 15 is 4.39 Å². The van der Waals surface area contributed by atoms with Crippen LogP contribution in [0.15, 0.2) is 65.8 Å². The first-order valence-electron chi connectivity index (χ1n) is 13.2. The van der Waals surface area contributed by atoms with Gasteiger partial charge in [0.25, 0.3) is 11.5 Å². The fourth-order valence-corrected chi connectivity index (χ4v) is 4.77. The van der Waals surface area contributed by atoms with Crippen molar-refractivity contribution in [1.82, 2.24) is 14.9 Å². The van der Waals surface area contributed by atoms with Crippen LogP contribution in [0.3, 0.4) is 0 Å². The molecule has 0 bridgehead atoms. The molecule has 0 radical (unpaired) electrons. The summed E-state index contributed by atoms with van der Waals surface area (Å²) in [5.41, 5.74) is 4.61. The van der Waals surface area contributed by atoms with Crippen molar-refractivity contribution in [1.29, 1.82) is 0 Å². The highest BCUT2D eigenvalue weighted by molar-refractivity contribution is 6.04. The maximum absolute atomic E-state index is 15.3. The van der Waals surface area contributed by atoms with Gasteiger partial charge in [-0.1, -0.05) is 30.3 Å². The fraction of sp³-hybridized carbons (Fsp3) is 0.281. The van der Waals surface area contributed by atoms with Crippen molar-refractivity contribution in [3.8, 4) is 28.0 Å². The number of aliphatic hydroxyl groups is 1. The number of anilines is 1. The van der Waals surface area contributed by atoms with Crippen LogP contribution in [0, 0.1) is 19.7 Å². The Labute approximate surface area is 238 Å². The van der Waals surface area contributed by atoms with Crippen molar-refractivity contribution < 1.29 is 19.0 Å². The van der Waals surface area contributed by atoms with Crippen molar-refractivity contribution in [3.63, 3.8) is 0 Å². The van der Waals surface area contributed by atoms with E-state index in [1.165, 1.54) is 37.3 Å². The predicted molar refractivity (Wildman–Crippen MR) is 159 cm³/mol. The van der Waals surface area contributed by atoms with Gasteiger partial charge in [-0.15, -0.1) is 0 Å². The lowest BCUT2D eigenvalue weighted by Gasteiger charge is -2.20. The molecule has 0 saturated carbocycles. The van der Waals surface area contributed by atoms with Crippen molar-refractivity contribution in [2.45, 2.75) is 39.8 Å². The molecule has 41 heavy (non-hydrogen) atoms. The number of carbonyl (C=O) groups is 1. The lowest BCUT2D eigenvalue weighted by Crippen LogP contribution is -2.34. The molecule has 4 aromatic rings. The number of hydrogen-bond acceptors (Lipinski definition) is 6. The van der Waals surface area contributed by atoms with Crippen LogP contribution in [0.25, 0.3) is 22.3 Å². The second-order valence-corrected chi connectivity index (χ2v) is 10.7. The number of hydrogen-bond donors (Lipinski definition) is 3. The van der Waals surface area contributed by atoms with Gasteiger partial charge in [0.2, 0.25) is 0 Å². The highest BCUT2D eigenvalue weighted by Gasteiger charge is 2.19. The zero-order valence-corrected chi connectivity index (χ0v) is 24.1. The molecule has 3 N–H and O–H groups in total. The molecule has 1 amide bonds. The summed E-state index contributed by atoms with van der Waals surface area (Å²) >= 11 is 0. The van der Waals surface area contributed by atoms with Gasteiger partial charge < -0.3 is 25.0 Å². The van der Waals surface area contributed by atoms with Crippen LogP contribution >= 0.6 is 0 Å². The third kappa shape index (κ3) is 6.53. The van der Waals surface area contributed by atoms with Crippen molar-refractivity contribution >= 4 is 11.6 Å². The minimum atomic E-state index is -0.921. The van der Waals surface area contributed by atoms with Gasteiger partial charge in [-0.3, -0.25) is 9.59 Å². The summed E-state index contributed by atoms with van der Waals surface area (Å²) in [4.78, 5) is 29.2. The number of aryl methyl sites for hydroxylation is 1. The summed E-state index contributed by atoms with van der Waals surface area (Å²) in [6.45, 7) is 7.74. The molecular weight excluding hydrogens is 523 g/mol. The number of nitrogens with zero attached hydrogens (tertiary/aromatic N) is 2. The molecule has 0 unspecified atom stereocenters. The molecule has 0 aliphatic heterocycles. The topological polar surface area (TPSA) is 105 Å². The van der Waals surface area contributed by atoms with Crippen LogP contribution in [-0.2, 0) is 13.6 Å². The molecule has 0 spiro atoms. The Balaban J connectivity index is 1.68. The maximum Gasteiger partial charge on any atom is 0.265 e. The molecule has 0 saturated heterocycles. The lowest BCUT2D eigenvalue weighted by atomic mass is 9.90. The molecule has 0 aliphatic carbocycles. The predicted octanol–water partition coefficient (Wildman–Crippen LogP) is 4.99. The number of aromatic nitrogens is 2. The number of benzene rings is 3. The Hall–Kier alpha value is -4.34. The molecular formula is C32H35FN4O4. The second kappa shape index (κ2) is 12.0. The number of nitrogens with one attached hydrogen (secondary N) is 2. The van der Waals surface area contributed by atoms with E-state index in [4.69, 9.17) is 4.74 Å². The molecule has 4 rings (SSSR count). The molecule has 3 aromatic carbocycles. The highest BCUT2D eigenvalue weighted by Crippen LogP contribution is 2.37. The van der Waals surface area contributed by atoms with Crippen LogP contribution in [0.1, 0.15) is 40.9 Å². The number of carbonyl (C=O) groups excluding carboxylic acids is 1. The van der Waals surface area contributed by atoms with Crippen LogP contribution in [-0.4, -0.2) is 39.8 Å². The molecule has 214 valence electrons. The summed E-state index contributed by atoms with van der Waals surface area (Å²) in [6.07, 6.45) is 2.61. The first-order chi connectivity index (χ1) is 19.4. The van der Waals surface area contributed by atoms with Crippen LogP contribution in [0.5, 0.6) is 5.75 Å². The van der Waals surface area contributed by atoms with E-state index in [1.54, 1.807) is 19.9 Å². The van der Waals surface area contributed by atoms with Gasteiger partial charge in [-0.05, 0) is 79.3 Å². The van der Waals surface area contributed by atoms with E-state index in [0.717, 1.165) is 27.8 Å². The van der Waals surface area contributed by atoms with E-state index in [1.807, 2.05) is 50.2 Å². The quantitative estimate of drug-likeness (QED) is 0.267. The molecule has 1 heterocycles. The number of rotatable bonds is 9. The minimum Gasteiger partial charge on any atom is -0.496 e. The van der Waals surface area contributed by atoms with Crippen LogP contribution < -0.4 is 20.9 Å². The third-order valence-corrected chi connectivity index (χ3v) is 6.99.